The van der Waals surface area contributed by atoms with Crippen molar-refractivity contribution >= 4 is 40.9 Å². The van der Waals surface area contributed by atoms with Crippen molar-refractivity contribution < 1.29 is 9.23 Å². The van der Waals surface area contributed by atoms with Crippen LogP contribution in [0, 0.1) is 11.2 Å². The van der Waals surface area contributed by atoms with Gasteiger partial charge in [0.05, 0.1) is 28.6 Å². The van der Waals surface area contributed by atoms with Gasteiger partial charge in [0.25, 0.3) is 0 Å². The van der Waals surface area contributed by atoms with Gasteiger partial charge in [-0.15, -0.1) is 0 Å². The molecule has 6 nitrogen and oxygen atoms in total. The molecule has 29 heavy (non-hydrogen) atoms. The largest absolute Gasteiger partial charge is 0.399 e. The zero-order chi connectivity index (χ0) is 21.3. The minimum Gasteiger partial charge on any atom is -0.399 e. The average molecular weight is 438 g/mol. The molecule has 2 heterocycles. The van der Waals surface area contributed by atoms with Crippen LogP contribution in [0.15, 0.2) is 29.6 Å². The number of benzene rings is 1. The Morgan fingerprint density at radius 3 is 2.66 bits per heavy atom. The standard InChI is InChI=1S/C20H22Cl2FN5O/c1-11(20(2,3)4)26-19-16(14-7-6-13(23)8-15(14)21)17(22)27-18-12(10-25-29-5)9-24-28(18)19/h6-11,26H,1-5H3/b25-10+. The highest BCUT2D eigenvalue weighted by atomic mass is 35.5. The maximum Gasteiger partial charge on any atom is 0.167 e. The summed E-state index contributed by atoms with van der Waals surface area (Å²) in [5.74, 6) is 0.173. The van der Waals surface area contributed by atoms with Gasteiger partial charge in [-0.3, -0.25) is 0 Å². The molecule has 154 valence electrons. The summed E-state index contributed by atoms with van der Waals surface area (Å²) >= 11 is 12.9. The average Bonchev–Trinajstić information content (AvgIpc) is 3.02. The van der Waals surface area contributed by atoms with E-state index in [9.17, 15) is 4.39 Å². The Kier molecular flexibility index (Phi) is 6.00. The molecule has 0 bridgehead atoms. The van der Waals surface area contributed by atoms with Crippen molar-refractivity contribution in [3.05, 3.63) is 46.0 Å². The van der Waals surface area contributed by atoms with E-state index in [0.717, 1.165) is 0 Å². The molecular formula is C20H22Cl2FN5O. The topological polar surface area (TPSA) is 63.8 Å². The third kappa shape index (κ3) is 4.31. The molecule has 0 saturated carbocycles. The fourth-order valence-electron chi connectivity index (χ4n) is 2.67. The quantitative estimate of drug-likeness (QED) is 0.317. The molecule has 3 rings (SSSR count). The Hall–Kier alpha value is -2.38. The van der Waals surface area contributed by atoms with E-state index in [-0.39, 0.29) is 21.6 Å². The first-order valence-electron chi connectivity index (χ1n) is 8.99. The minimum atomic E-state index is -0.432. The lowest BCUT2D eigenvalue weighted by Gasteiger charge is -2.30. The molecule has 0 aliphatic carbocycles. The Morgan fingerprint density at radius 1 is 1.31 bits per heavy atom. The number of fused-ring (bicyclic) bond motifs is 1. The normalized spacial score (nSPS) is 13.2. The van der Waals surface area contributed by atoms with Crippen molar-refractivity contribution in [1.29, 1.82) is 0 Å². The van der Waals surface area contributed by atoms with Crippen LogP contribution in [0.3, 0.4) is 0 Å². The zero-order valence-corrected chi connectivity index (χ0v) is 18.3. The summed E-state index contributed by atoms with van der Waals surface area (Å²) < 4.78 is 15.3. The Bertz CT molecular complexity index is 1070. The SMILES string of the molecule is CO/N=C/c1cnn2c(NC(C)C(C)(C)C)c(-c3ccc(F)cc3Cl)c(Cl)nc12. The van der Waals surface area contributed by atoms with E-state index in [4.69, 9.17) is 28.0 Å². The fourth-order valence-corrected chi connectivity index (χ4v) is 3.20. The van der Waals surface area contributed by atoms with Gasteiger partial charge in [-0.1, -0.05) is 49.1 Å². The van der Waals surface area contributed by atoms with E-state index in [1.165, 1.54) is 25.5 Å². The first-order chi connectivity index (χ1) is 13.6. The summed E-state index contributed by atoms with van der Waals surface area (Å²) in [6.45, 7) is 8.42. The molecule has 1 aromatic carbocycles. The smallest absolute Gasteiger partial charge is 0.167 e. The highest BCUT2D eigenvalue weighted by molar-refractivity contribution is 6.36. The summed E-state index contributed by atoms with van der Waals surface area (Å²) in [7, 11) is 1.45. The number of rotatable bonds is 5. The number of hydrogen-bond acceptors (Lipinski definition) is 5. The second-order valence-electron chi connectivity index (χ2n) is 7.73. The molecule has 3 aromatic rings. The molecule has 0 aliphatic heterocycles. The number of anilines is 1. The van der Waals surface area contributed by atoms with Crippen LogP contribution in [-0.2, 0) is 4.84 Å². The second kappa shape index (κ2) is 8.16. The summed E-state index contributed by atoms with van der Waals surface area (Å²) in [6.07, 6.45) is 3.12. The van der Waals surface area contributed by atoms with Crippen LogP contribution in [0.1, 0.15) is 33.3 Å². The van der Waals surface area contributed by atoms with Crippen LogP contribution >= 0.6 is 23.2 Å². The van der Waals surface area contributed by atoms with Gasteiger partial charge in [-0.05, 0) is 30.5 Å². The lowest BCUT2D eigenvalue weighted by molar-refractivity contribution is 0.215. The lowest BCUT2D eigenvalue weighted by atomic mass is 9.88. The first-order valence-corrected chi connectivity index (χ1v) is 9.74. The van der Waals surface area contributed by atoms with Crippen molar-refractivity contribution in [2.24, 2.45) is 10.6 Å². The number of aromatic nitrogens is 3. The van der Waals surface area contributed by atoms with E-state index in [0.29, 0.717) is 28.2 Å². The van der Waals surface area contributed by atoms with E-state index in [2.05, 4.69) is 48.3 Å². The van der Waals surface area contributed by atoms with Crippen molar-refractivity contribution in [3.63, 3.8) is 0 Å². The summed E-state index contributed by atoms with van der Waals surface area (Å²) in [5.41, 5.74) is 2.18. The Labute approximate surface area is 178 Å². The molecule has 0 aliphatic rings. The fraction of sp³-hybridized carbons (Fsp3) is 0.350. The van der Waals surface area contributed by atoms with Gasteiger partial charge >= 0.3 is 0 Å². The van der Waals surface area contributed by atoms with Crippen LogP contribution in [0.25, 0.3) is 16.8 Å². The third-order valence-electron chi connectivity index (χ3n) is 4.78. The summed E-state index contributed by atoms with van der Waals surface area (Å²) in [6, 6.07) is 4.20. The minimum absolute atomic E-state index is 0.0439. The van der Waals surface area contributed by atoms with Crippen LogP contribution in [0.4, 0.5) is 10.2 Å². The van der Waals surface area contributed by atoms with Gasteiger partial charge in [0.2, 0.25) is 0 Å². The zero-order valence-electron chi connectivity index (χ0n) is 16.8. The molecule has 0 radical (unpaired) electrons. The maximum atomic E-state index is 13.6. The lowest BCUT2D eigenvalue weighted by Crippen LogP contribution is -2.32. The maximum absolute atomic E-state index is 13.6. The van der Waals surface area contributed by atoms with Gasteiger partial charge < -0.3 is 10.2 Å². The molecular weight excluding hydrogens is 416 g/mol. The predicted octanol–water partition coefficient (Wildman–Crippen LogP) is 5.67. The Balaban J connectivity index is 2.30. The van der Waals surface area contributed by atoms with Gasteiger partial charge in [0.1, 0.15) is 23.9 Å². The highest BCUT2D eigenvalue weighted by Crippen LogP contribution is 2.40. The van der Waals surface area contributed by atoms with Crippen LogP contribution in [0.5, 0.6) is 0 Å². The Morgan fingerprint density at radius 2 is 2.03 bits per heavy atom. The summed E-state index contributed by atoms with van der Waals surface area (Å²) in [5, 5.41) is 12.2. The van der Waals surface area contributed by atoms with Gasteiger partial charge in [0.15, 0.2) is 5.65 Å². The van der Waals surface area contributed by atoms with E-state index >= 15 is 0 Å². The number of oxime groups is 1. The molecule has 1 N–H and O–H groups in total. The van der Waals surface area contributed by atoms with E-state index < -0.39 is 5.82 Å². The molecule has 0 fully saturated rings. The van der Waals surface area contributed by atoms with Crippen molar-refractivity contribution in [2.75, 3.05) is 12.4 Å². The second-order valence-corrected chi connectivity index (χ2v) is 8.50. The van der Waals surface area contributed by atoms with Gasteiger partial charge in [-0.2, -0.15) is 9.61 Å². The molecule has 0 saturated heterocycles. The summed E-state index contributed by atoms with van der Waals surface area (Å²) in [4.78, 5) is 9.24. The van der Waals surface area contributed by atoms with Crippen molar-refractivity contribution in [3.8, 4) is 11.1 Å². The molecule has 2 aromatic heterocycles. The number of halogens is 3. The van der Waals surface area contributed by atoms with Gasteiger partial charge in [0, 0.05) is 11.6 Å². The van der Waals surface area contributed by atoms with Crippen LogP contribution < -0.4 is 5.32 Å². The molecule has 0 spiro atoms. The number of hydrogen-bond donors (Lipinski definition) is 1. The number of nitrogens with one attached hydrogen (secondary N) is 1. The van der Waals surface area contributed by atoms with Crippen LogP contribution in [-0.4, -0.2) is 34.0 Å². The van der Waals surface area contributed by atoms with E-state index in [1.807, 2.05) is 0 Å². The highest BCUT2D eigenvalue weighted by Gasteiger charge is 2.26. The molecule has 1 atom stereocenters. The molecule has 1 unspecified atom stereocenters. The van der Waals surface area contributed by atoms with Crippen LogP contribution in [0.2, 0.25) is 10.2 Å². The first kappa shape index (κ1) is 21.3. The molecule has 9 heteroatoms. The van der Waals surface area contributed by atoms with Crippen molar-refractivity contribution in [1.82, 2.24) is 14.6 Å². The number of nitrogens with zero attached hydrogens (tertiary/aromatic N) is 4. The van der Waals surface area contributed by atoms with Gasteiger partial charge in [-0.25, -0.2) is 9.37 Å². The van der Waals surface area contributed by atoms with E-state index in [1.54, 1.807) is 16.8 Å². The third-order valence-corrected chi connectivity index (χ3v) is 5.37. The predicted molar refractivity (Wildman–Crippen MR) is 116 cm³/mol. The molecule has 0 amide bonds. The monoisotopic (exact) mass is 437 g/mol. The van der Waals surface area contributed by atoms with Crippen molar-refractivity contribution in [2.45, 2.75) is 33.7 Å².